The van der Waals surface area contributed by atoms with Crippen molar-refractivity contribution in [3.05, 3.63) is 16.2 Å². The summed E-state index contributed by atoms with van der Waals surface area (Å²) in [6, 6.07) is -1.97. The van der Waals surface area contributed by atoms with Gasteiger partial charge >= 0.3 is 6.18 Å². The van der Waals surface area contributed by atoms with Crippen LogP contribution in [0.15, 0.2) is 4.79 Å². The lowest BCUT2D eigenvalue weighted by atomic mass is 10.1. The SMILES string of the molecule is CC(C)C(=O)CN1c2nc(N3CC4CCC(C3)O4)c(F)c(=O)n2CCC1C(F)(F)F. The number of Topliss-reactive ketones (excluding diaryl/α,β-unsaturated/α-hetero) is 1. The Labute approximate surface area is 170 Å². The summed E-state index contributed by atoms with van der Waals surface area (Å²) >= 11 is 0. The summed E-state index contributed by atoms with van der Waals surface area (Å²) < 4.78 is 62.7. The number of halogens is 4. The first-order valence-electron chi connectivity index (χ1n) is 10.1. The average Bonchev–Trinajstić information content (AvgIpc) is 3.01. The van der Waals surface area contributed by atoms with E-state index in [2.05, 4.69) is 4.98 Å². The van der Waals surface area contributed by atoms with Gasteiger partial charge < -0.3 is 14.5 Å². The third-order valence-corrected chi connectivity index (χ3v) is 6.03. The van der Waals surface area contributed by atoms with Gasteiger partial charge in [0, 0.05) is 25.6 Å². The number of aromatic nitrogens is 2. The smallest absolute Gasteiger partial charge is 0.371 e. The van der Waals surface area contributed by atoms with Gasteiger partial charge in [0.1, 0.15) is 6.04 Å². The highest BCUT2D eigenvalue weighted by molar-refractivity contribution is 5.85. The van der Waals surface area contributed by atoms with Gasteiger partial charge in [-0.25, -0.2) is 0 Å². The Kier molecular flexibility index (Phi) is 5.27. The standard InChI is InChI=1S/C19H24F4N4O3/c1-10(2)13(28)9-27-14(19(21,22)23)5-6-26-17(29)15(20)16(24-18(26)27)25-7-11-3-4-12(8-25)30-11/h10-12,14H,3-9H2,1-2H3. The summed E-state index contributed by atoms with van der Waals surface area (Å²) in [5, 5.41) is 0. The van der Waals surface area contributed by atoms with Crippen molar-refractivity contribution in [3.8, 4) is 0 Å². The molecule has 3 atom stereocenters. The van der Waals surface area contributed by atoms with Crippen LogP contribution in [0.3, 0.4) is 0 Å². The van der Waals surface area contributed by atoms with Crippen molar-refractivity contribution in [1.82, 2.24) is 9.55 Å². The van der Waals surface area contributed by atoms with Crippen LogP contribution >= 0.6 is 0 Å². The zero-order valence-corrected chi connectivity index (χ0v) is 16.8. The number of carbonyl (C=O) groups excluding carboxylic acids is 1. The number of anilines is 2. The Morgan fingerprint density at radius 2 is 1.83 bits per heavy atom. The second-order valence-electron chi connectivity index (χ2n) is 8.46. The molecule has 7 nitrogen and oxygen atoms in total. The molecule has 2 saturated heterocycles. The lowest BCUT2D eigenvalue weighted by Crippen LogP contribution is -2.55. The Morgan fingerprint density at radius 1 is 1.20 bits per heavy atom. The number of ketones is 1. The topological polar surface area (TPSA) is 67.7 Å². The Morgan fingerprint density at radius 3 is 2.40 bits per heavy atom. The van der Waals surface area contributed by atoms with E-state index < -0.39 is 48.3 Å². The minimum Gasteiger partial charge on any atom is -0.371 e. The van der Waals surface area contributed by atoms with E-state index in [0.717, 1.165) is 22.3 Å². The van der Waals surface area contributed by atoms with Crippen LogP contribution < -0.4 is 15.4 Å². The Hall–Kier alpha value is -2.17. The van der Waals surface area contributed by atoms with Crippen molar-refractivity contribution >= 4 is 17.5 Å². The molecule has 0 radical (unpaired) electrons. The third kappa shape index (κ3) is 3.67. The van der Waals surface area contributed by atoms with Crippen LogP contribution in [0.1, 0.15) is 33.1 Å². The van der Waals surface area contributed by atoms with Crippen molar-refractivity contribution in [2.45, 2.75) is 64.1 Å². The van der Waals surface area contributed by atoms with Gasteiger partial charge in [-0.05, 0) is 19.3 Å². The highest BCUT2D eigenvalue weighted by atomic mass is 19.4. The Balaban J connectivity index is 1.78. The molecule has 1 aromatic heterocycles. The van der Waals surface area contributed by atoms with Crippen molar-refractivity contribution < 1.29 is 27.1 Å². The van der Waals surface area contributed by atoms with E-state index in [-0.39, 0.29) is 30.5 Å². The summed E-state index contributed by atoms with van der Waals surface area (Å²) in [6.45, 7) is 2.95. The fraction of sp³-hybridized carbons (Fsp3) is 0.737. The van der Waals surface area contributed by atoms with E-state index in [1.165, 1.54) is 0 Å². The largest absolute Gasteiger partial charge is 0.408 e. The van der Waals surface area contributed by atoms with Crippen LogP contribution in [-0.4, -0.2) is 59.4 Å². The number of alkyl halides is 3. The number of morpholine rings is 1. The minimum absolute atomic E-state index is 0.120. The molecule has 0 spiro atoms. The molecule has 0 N–H and O–H groups in total. The number of hydrogen-bond acceptors (Lipinski definition) is 6. The summed E-state index contributed by atoms with van der Waals surface area (Å²) in [7, 11) is 0. The zero-order valence-electron chi connectivity index (χ0n) is 16.8. The first kappa shape index (κ1) is 21.1. The van der Waals surface area contributed by atoms with Gasteiger partial charge in [-0.3, -0.25) is 14.2 Å². The third-order valence-electron chi connectivity index (χ3n) is 6.03. The molecule has 0 aliphatic carbocycles. The first-order chi connectivity index (χ1) is 14.1. The number of carbonyl (C=O) groups is 1. The number of rotatable bonds is 4. The van der Waals surface area contributed by atoms with E-state index in [4.69, 9.17) is 4.74 Å². The fourth-order valence-electron chi connectivity index (χ4n) is 4.35. The van der Waals surface area contributed by atoms with Crippen LogP contribution in [0.25, 0.3) is 0 Å². The lowest BCUT2D eigenvalue weighted by Gasteiger charge is -2.40. The molecule has 3 aliphatic heterocycles. The first-order valence-corrected chi connectivity index (χ1v) is 10.1. The van der Waals surface area contributed by atoms with E-state index in [1.54, 1.807) is 18.7 Å². The summed E-state index contributed by atoms with van der Waals surface area (Å²) in [6.07, 6.45) is -3.71. The van der Waals surface area contributed by atoms with Crippen LogP contribution in [0, 0.1) is 11.7 Å². The van der Waals surface area contributed by atoms with E-state index >= 15 is 0 Å². The number of hydrogen-bond donors (Lipinski definition) is 0. The maximum Gasteiger partial charge on any atom is 0.408 e. The molecule has 2 bridgehead atoms. The summed E-state index contributed by atoms with van der Waals surface area (Å²) in [4.78, 5) is 31.5. The number of ether oxygens (including phenoxy) is 1. The monoisotopic (exact) mass is 432 g/mol. The molecule has 30 heavy (non-hydrogen) atoms. The van der Waals surface area contributed by atoms with Gasteiger partial charge in [-0.15, -0.1) is 0 Å². The van der Waals surface area contributed by atoms with Gasteiger partial charge in [-0.2, -0.15) is 22.5 Å². The van der Waals surface area contributed by atoms with E-state index in [9.17, 15) is 27.2 Å². The maximum absolute atomic E-state index is 14.9. The van der Waals surface area contributed by atoms with Crippen molar-refractivity contribution in [3.63, 3.8) is 0 Å². The van der Waals surface area contributed by atoms with Crippen LogP contribution in [0.5, 0.6) is 0 Å². The Bertz CT molecular complexity index is 889. The van der Waals surface area contributed by atoms with Gasteiger partial charge in [0.05, 0.1) is 18.8 Å². The molecule has 0 amide bonds. The average molecular weight is 432 g/mol. The maximum atomic E-state index is 14.9. The quantitative estimate of drug-likeness (QED) is 0.679. The molecule has 166 valence electrons. The summed E-state index contributed by atoms with van der Waals surface area (Å²) in [5.41, 5.74) is -1.02. The highest BCUT2D eigenvalue weighted by Crippen LogP contribution is 2.36. The molecular formula is C19H24F4N4O3. The van der Waals surface area contributed by atoms with Gasteiger partial charge in [0.25, 0.3) is 5.56 Å². The minimum atomic E-state index is -4.62. The molecule has 2 fully saturated rings. The lowest BCUT2D eigenvalue weighted by molar-refractivity contribution is -0.153. The van der Waals surface area contributed by atoms with Gasteiger partial charge in [-0.1, -0.05) is 13.8 Å². The van der Waals surface area contributed by atoms with Crippen LogP contribution in [-0.2, 0) is 16.1 Å². The molecule has 11 heteroatoms. The molecule has 0 saturated carbocycles. The van der Waals surface area contributed by atoms with Crippen molar-refractivity contribution in [2.24, 2.45) is 5.92 Å². The zero-order chi connectivity index (χ0) is 21.8. The second kappa shape index (κ2) is 7.51. The molecule has 4 rings (SSSR count). The van der Waals surface area contributed by atoms with Crippen LogP contribution in [0.2, 0.25) is 0 Å². The fourth-order valence-corrected chi connectivity index (χ4v) is 4.35. The normalized spacial score (nSPS) is 26.3. The van der Waals surface area contributed by atoms with Crippen LogP contribution in [0.4, 0.5) is 29.3 Å². The molecule has 3 aliphatic rings. The molecule has 0 aromatic carbocycles. The molecule has 4 heterocycles. The van der Waals surface area contributed by atoms with E-state index in [1.807, 2.05) is 0 Å². The number of nitrogens with zero attached hydrogens (tertiary/aromatic N) is 4. The predicted octanol–water partition coefficient (Wildman–Crippen LogP) is 2.12. The van der Waals surface area contributed by atoms with E-state index in [0.29, 0.717) is 13.1 Å². The predicted molar refractivity (Wildman–Crippen MR) is 100 cm³/mol. The van der Waals surface area contributed by atoms with Gasteiger partial charge in [0.15, 0.2) is 11.6 Å². The van der Waals surface area contributed by atoms with Crippen molar-refractivity contribution in [1.29, 1.82) is 0 Å². The summed E-state index contributed by atoms with van der Waals surface area (Å²) in [5.74, 6) is -2.56. The number of fused-ring (bicyclic) bond motifs is 3. The molecule has 3 unspecified atom stereocenters. The molecular weight excluding hydrogens is 408 g/mol. The molecule has 1 aromatic rings. The highest BCUT2D eigenvalue weighted by Gasteiger charge is 2.48. The van der Waals surface area contributed by atoms with Gasteiger partial charge in [0.2, 0.25) is 11.8 Å². The second-order valence-corrected chi connectivity index (χ2v) is 8.46. The van der Waals surface area contributed by atoms with Crippen molar-refractivity contribution in [2.75, 3.05) is 29.4 Å².